The van der Waals surface area contributed by atoms with E-state index in [0.717, 1.165) is 25.7 Å². The second-order valence-electron chi connectivity index (χ2n) is 6.84. The SMILES string of the molecule is CC(=O)OC(C)(C)C.N=C(N)CCCC1CCN(C(=O)O)CC1. The first-order chi connectivity index (χ1) is 10.5. The largest absolute Gasteiger partial charge is 0.465 e. The van der Waals surface area contributed by atoms with Gasteiger partial charge in [-0.25, -0.2) is 4.79 Å². The Morgan fingerprint density at radius 2 is 1.83 bits per heavy atom. The maximum absolute atomic E-state index is 10.6. The van der Waals surface area contributed by atoms with Gasteiger partial charge >= 0.3 is 12.1 Å². The number of nitrogens with one attached hydrogen (secondary N) is 1. The van der Waals surface area contributed by atoms with Gasteiger partial charge in [-0.2, -0.15) is 0 Å². The van der Waals surface area contributed by atoms with Crippen molar-refractivity contribution in [3.05, 3.63) is 0 Å². The number of carbonyl (C=O) groups excluding carboxylic acids is 1. The Hall–Kier alpha value is -1.79. The number of nitrogens with two attached hydrogens (primary N) is 1. The van der Waals surface area contributed by atoms with Crippen LogP contribution in [0.25, 0.3) is 0 Å². The molecular formula is C16H31N3O4. The first-order valence-electron chi connectivity index (χ1n) is 8.01. The highest BCUT2D eigenvalue weighted by atomic mass is 16.6. The van der Waals surface area contributed by atoms with Crippen molar-refractivity contribution in [2.24, 2.45) is 11.7 Å². The van der Waals surface area contributed by atoms with Gasteiger partial charge in [-0.05, 0) is 52.4 Å². The average molecular weight is 329 g/mol. The molecule has 0 atom stereocenters. The van der Waals surface area contributed by atoms with Crippen molar-refractivity contribution in [3.8, 4) is 0 Å². The fraction of sp³-hybridized carbons (Fsp3) is 0.812. The third-order valence-electron chi connectivity index (χ3n) is 3.39. The number of esters is 1. The van der Waals surface area contributed by atoms with Gasteiger partial charge in [0.1, 0.15) is 5.60 Å². The summed E-state index contributed by atoms with van der Waals surface area (Å²) in [6, 6.07) is 0. The van der Waals surface area contributed by atoms with E-state index >= 15 is 0 Å². The van der Waals surface area contributed by atoms with Gasteiger partial charge in [-0.3, -0.25) is 10.2 Å². The van der Waals surface area contributed by atoms with E-state index in [0.29, 0.717) is 25.4 Å². The molecule has 7 nitrogen and oxygen atoms in total. The molecule has 134 valence electrons. The van der Waals surface area contributed by atoms with E-state index in [2.05, 4.69) is 0 Å². The van der Waals surface area contributed by atoms with Gasteiger partial charge in [0.2, 0.25) is 0 Å². The number of nitrogens with zero attached hydrogens (tertiary/aromatic N) is 1. The lowest BCUT2D eigenvalue weighted by atomic mass is 9.92. The van der Waals surface area contributed by atoms with Gasteiger partial charge in [0.15, 0.2) is 0 Å². The fourth-order valence-electron chi connectivity index (χ4n) is 2.43. The van der Waals surface area contributed by atoms with Crippen molar-refractivity contribution < 1.29 is 19.4 Å². The van der Waals surface area contributed by atoms with Gasteiger partial charge in [-0.15, -0.1) is 0 Å². The van der Waals surface area contributed by atoms with Crippen LogP contribution in [0.15, 0.2) is 0 Å². The lowest BCUT2D eigenvalue weighted by Gasteiger charge is -2.29. The number of carbonyl (C=O) groups is 2. The van der Waals surface area contributed by atoms with Crippen molar-refractivity contribution in [1.29, 1.82) is 5.41 Å². The maximum Gasteiger partial charge on any atom is 0.407 e. The van der Waals surface area contributed by atoms with Crippen molar-refractivity contribution in [2.45, 2.75) is 65.4 Å². The molecule has 7 heteroatoms. The molecule has 1 amide bonds. The van der Waals surface area contributed by atoms with Gasteiger partial charge in [0.25, 0.3) is 0 Å². The zero-order valence-electron chi connectivity index (χ0n) is 14.7. The van der Waals surface area contributed by atoms with Crippen LogP contribution < -0.4 is 5.73 Å². The standard InChI is InChI=1S/C10H19N3O2.C6H12O2/c11-9(12)3-1-2-8-4-6-13(7-5-8)10(14)15;1-5(7)8-6(2,3)4/h8H,1-7H2,(H3,11,12)(H,14,15);1-4H3. The molecule has 0 aromatic heterocycles. The monoisotopic (exact) mass is 329 g/mol. The van der Waals surface area contributed by atoms with E-state index in [9.17, 15) is 9.59 Å². The minimum absolute atomic E-state index is 0.225. The topological polar surface area (TPSA) is 117 Å². The lowest BCUT2D eigenvalue weighted by Crippen LogP contribution is -2.37. The zero-order valence-corrected chi connectivity index (χ0v) is 14.7. The molecule has 1 aliphatic rings. The van der Waals surface area contributed by atoms with Crippen LogP contribution in [0.5, 0.6) is 0 Å². The van der Waals surface area contributed by atoms with Gasteiger partial charge in [0, 0.05) is 26.4 Å². The molecule has 0 aromatic carbocycles. The van der Waals surface area contributed by atoms with Gasteiger partial charge < -0.3 is 20.5 Å². The van der Waals surface area contributed by atoms with E-state index in [4.69, 9.17) is 21.0 Å². The van der Waals surface area contributed by atoms with E-state index < -0.39 is 6.09 Å². The minimum Gasteiger partial charge on any atom is -0.465 e. The number of piperidine rings is 1. The van der Waals surface area contributed by atoms with Crippen LogP contribution in [0.2, 0.25) is 0 Å². The van der Waals surface area contributed by atoms with Crippen LogP contribution >= 0.6 is 0 Å². The summed E-state index contributed by atoms with van der Waals surface area (Å²) >= 11 is 0. The van der Waals surface area contributed by atoms with Crippen LogP contribution in [0, 0.1) is 11.3 Å². The van der Waals surface area contributed by atoms with E-state index in [1.165, 1.54) is 11.8 Å². The fourth-order valence-corrected chi connectivity index (χ4v) is 2.43. The smallest absolute Gasteiger partial charge is 0.407 e. The summed E-state index contributed by atoms with van der Waals surface area (Å²) in [6.45, 7) is 8.24. The molecule has 0 saturated carbocycles. The summed E-state index contributed by atoms with van der Waals surface area (Å²) in [6.07, 6.45) is 3.77. The average Bonchev–Trinajstić information content (AvgIpc) is 2.36. The summed E-state index contributed by atoms with van der Waals surface area (Å²) in [7, 11) is 0. The second-order valence-corrected chi connectivity index (χ2v) is 6.84. The summed E-state index contributed by atoms with van der Waals surface area (Å²) < 4.78 is 4.80. The third-order valence-corrected chi connectivity index (χ3v) is 3.39. The molecule has 4 N–H and O–H groups in total. The Kier molecular flexibility index (Phi) is 9.29. The maximum atomic E-state index is 10.6. The van der Waals surface area contributed by atoms with Crippen LogP contribution in [-0.4, -0.2) is 46.6 Å². The van der Waals surface area contributed by atoms with Gasteiger partial charge in [-0.1, -0.05) is 0 Å². The predicted octanol–water partition coefficient (Wildman–Crippen LogP) is 2.83. The van der Waals surface area contributed by atoms with Crippen LogP contribution in [0.4, 0.5) is 4.79 Å². The Labute approximate surface area is 138 Å². The van der Waals surface area contributed by atoms with E-state index in [1.54, 1.807) is 0 Å². The quantitative estimate of drug-likeness (QED) is 0.416. The van der Waals surface area contributed by atoms with Gasteiger partial charge in [0.05, 0.1) is 5.84 Å². The normalized spacial score (nSPS) is 15.4. The molecule has 1 heterocycles. The first kappa shape index (κ1) is 21.2. The summed E-state index contributed by atoms with van der Waals surface area (Å²) in [5, 5.41) is 15.8. The number of hydrogen-bond acceptors (Lipinski definition) is 4. The minimum atomic E-state index is -0.808. The van der Waals surface area contributed by atoms with E-state index in [-0.39, 0.29) is 17.4 Å². The number of carboxylic acid groups (broad SMARTS) is 1. The molecule has 0 aromatic rings. The molecule has 0 spiro atoms. The highest BCUT2D eigenvalue weighted by molar-refractivity contribution is 5.76. The summed E-state index contributed by atoms with van der Waals surface area (Å²) in [5.74, 6) is 0.635. The Morgan fingerprint density at radius 3 is 2.13 bits per heavy atom. The third kappa shape index (κ3) is 12.4. The number of amides is 1. The molecule has 0 unspecified atom stereocenters. The second kappa shape index (κ2) is 10.1. The first-order valence-corrected chi connectivity index (χ1v) is 8.01. The van der Waals surface area contributed by atoms with Crippen molar-refractivity contribution in [2.75, 3.05) is 13.1 Å². The van der Waals surface area contributed by atoms with Crippen LogP contribution in [0.3, 0.4) is 0 Å². The Balaban J connectivity index is 0.000000515. The molecule has 1 rings (SSSR count). The number of amidine groups is 1. The Bertz CT molecular complexity index is 394. The Morgan fingerprint density at radius 1 is 1.30 bits per heavy atom. The van der Waals surface area contributed by atoms with Crippen molar-refractivity contribution >= 4 is 17.9 Å². The molecular weight excluding hydrogens is 298 g/mol. The number of hydrogen-bond donors (Lipinski definition) is 3. The molecule has 1 saturated heterocycles. The summed E-state index contributed by atoms with van der Waals surface area (Å²) in [4.78, 5) is 22.4. The number of rotatable bonds is 4. The highest BCUT2D eigenvalue weighted by Gasteiger charge is 2.21. The molecule has 0 bridgehead atoms. The van der Waals surface area contributed by atoms with Crippen LogP contribution in [0.1, 0.15) is 59.8 Å². The molecule has 1 fully saturated rings. The lowest BCUT2D eigenvalue weighted by molar-refractivity contribution is -0.151. The molecule has 1 aliphatic heterocycles. The molecule has 0 radical (unpaired) electrons. The van der Waals surface area contributed by atoms with Crippen molar-refractivity contribution in [3.63, 3.8) is 0 Å². The van der Waals surface area contributed by atoms with Crippen molar-refractivity contribution in [1.82, 2.24) is 4.90 Å². The number of ether oxygens (including phenoxy) is 1. The predicted molar refractivity (Wildman–Crippen MR) is 89.6 cm³/mol. The molecule has 23 heavy (non-hydrogen) atoms. The molecule has 0 aliphatic carbocycles. The highest BCUT2D eigenvalue weighted by Crippen LogP contribution is 2.22. The van der Waals surface area contributed by atoms with Crippen LogP contribution in [-0.2, 0) is 9.53 Å². The van der Waals surface area contributed by atoms with E-state index in [1.807, 2.05) is 20.8 Å². The number of likely N-dealkylation sites (tertiary alicyclic amines) is 1. The summed E-state index contributed by atoms with van der Waals surface area (Å²) in [5.41, 5.74) is 4.94. The zero-order chi connectivity index (χ0) is 18.0.